The van der Waals surface area contributed by atoms with Crippen LogP contribution < -0.4 is 16.0 Å². The molecule has 1 amide bonds. The maximum atomic E-state index is 11.5. The van der Waals surface area contributed by atoms with E-state index in [2.05, 4.69) is 20.9 Å². The Labute approximate surface area is 143 Å². The van der Waals surface area contributed by atoms with E-state index in [9.17, 15) is 4.79 Å². The highest BCUT2D eigenvalue weighted by atomic mass is 127. The van der Waals surface area contributed by atoms with Crippen molar-refractivity contribution in [1.29, 1.82) is 0 Å². The zero-order valence-corrected chi connectivity index (χ0v) is 15.0. The summed E-state index contributed by atoms with van der Waals surface area (Å²) in [7, 11) is 0. The number of amides is 1. The first kappa shape index (κ1) is 18.5. The molecule has 1 unspecified atom stereocenters. The standard InChI is InChI=1S/C14H26N4O2.HI/c1-2-15-14(18-10-12-4-3-9-20-12)17-8-7-16-13(19)11-5-6-11;/h11-12H,2-10H2,1H3,(H,16,19)(H2,15,17,18);1H. The van der Waals surface area contributed by atoms with Gasteiger partial charge in [0.15, 0.2) is 5.96 Å². The summed E-state index contributed by atoms with van der Waals surface area (Å²) in [6.07, 6.45) is 4.59. The van der Waals surface area contributed by atoms with Crippen molar-refractivity contribution in [2.75, 3.05) is 32.8 Å². The largest absolute Gasteiger partial charge is 0.376 e. The van der Waals surface area contributed by atoms with Gasteiger partial charge in [-0.3, -0.25) is 9.79 Å². The van der Waals surface area contributed by atoms with Crippen LogP contribution in [0.4, 0.5) is 0 Å². The molecule has 3 N–H and O–H groups in total. The van der Waals surface area contributed by atoms with Crippen molar-refractivity contribution in [3.05, 3.63) is 0 Å². The second kappa shape index (κ2) is 10.2. The fourth-order valence-electron chi connectivity index (χ4n) is 2.18. The summed E-state index contributed by atoms with van der Waals surface area (Å²) in [5, 5.41) is 9.36. The van der Waals surface area contributed by atoms with Crippen LogP contribution in [0.25, 0.3) is 0 Å². The number of ether oxygens (including phenoxy) is 1. The Balaban J connectivity index is 0.00000220. The number of nitrogens with zero attached hydrogens (tertiary/aromatic N) is 1. The van der Waals surface area contributed by atoms with Crippen LogP contribution in [-0.4, -0.2) is 50.8 Å². The van der Waals surface area contributed by atoms with Gasteiger partial charge in [-0.2, -0.15) is 0 Å². The van der Waals surface area contributed by atoms with Crippen LogP contribution in [0.3, 0.4) is 0 Å². The lowest BCUT2D eigenvalue weighted by Crippen LogP contribution is -2.42. The third kappa shape index (κ3) is 7.30. The first-order valence-electron chi connectivity index (χ1n) is 7.71. The molecule has 2 rings (SSSR count). The highest BCUT2D eigenvalue weighted by molar-refractivity contribution is 14.0. The number of guanidine groups is 1. The number of halogens is 1. The Kier molecular flexibility index (Phi) is 8.98. The van der Waals surface area contributed by atoms with Crippen molar-refractivity contribution in [3.63, 3.8) is 0 Å². The molecular formula is C14H27IN4O2. The molecule has 0 aromatic carbocycles. The lowest BCUT2D eigenvalue weighted by molar-refractivity contribution is -0.122. The van der Waals surface area contributed by atoms with Gasteiger partial charge in [-0.15, -0.1) is 24.0 Å². The molecule has 2 fully saturated rings. The zero-order chi connectivity index (χ0) is 14.2. The van der Waals surface area contributed by atoms with Gasteiger partial charge in [-0.1, -0.05) is 0 Å². The second-order valence-corrected chi connectivity index (χ2v) is 5.35. The molecule has 0 radical (unpaired) electrons. The van der Waals surface area contributed by atoms with E-state index in [1.54, 1.807) is 0 Å². The fraction of sp³-hybridized carbons (Fsp3) is 0.857. The predicted molar refractivity (Wildman–Crippen MR) is 94.1 cm³/mol. The van der Waals surface area contributed by atoms with Crippen molar-refractivity contribution < 1.29 is 9.53 Å². The van der Waals surface area contributed by atoms with E-state index >= 15 is 0 Å². The normalized spacial score (nSPS) is 21.6. The van der Waals surface area contributed by atoms with Gasteiger partial charge in [-0.25, -0.2) is 0 Å². The van der Waals surface area contributed by atoms with Gasteiger partial charge in [0.1, 0.15) is 0 Å². The first-order chi connectivity index (χ1) is 9.79. The number of hydrogen-bond donors (Lipinski definition) is 3. The molecule has 0 aromatic heterocycles. The summed E-state index contributed by atoms with van der Waals surface area (Å²) < 4.78 is 5.55. The summed E-state index contributed by atoms with van der Waals surface area (Å²) in [5.74, 6) is 1.26. The van der Waals surface area contributed by atoms with E-state index < -0.39 is 0 Å². The minimum Gasteiger partial charge on any atom is -0.376 e. The number of hydrogen-bond acceptors (Lipinski definition) is 3. The Morgan fingerprint density at radius 1 is 1.19 bits per heavy atom. The van der Waals surface area contributed by atoms with Crippen molar-refractivity contribution in [1.82, 2.24) is 16.0 Å². The van der Waals surface area contributed by atoms with E-state index in [4.69, 9.17) is 4.74 Å². The molecule has 0 spiro atoms. The van der Waals surface area contributed by atoms with Crippen LogP contribution in [0.1, 0.15) is 32.6 Å². The van der Waals surface area contributed by atoms with Crippen LogP contribution in [0.5, 0.6) is 0 Å². The third-order valence-electron chi connectivity index (χ3n) is 3.49. The molecule has 0 bridgehead atoms. The first-order valence-corrected chi connectivity index (χ1v) is 7.71. The minimum absolute atomic E-state index is 0. The van der Waals surface area contributed by atoms with Gasteiger partial charge in [0.05, 0.1) is 12.6 Å². The summed E-state index contributed by atoms with van der Waals surface area (Å²) in [4.78, 5) is 16.0. The molecule has 6 nitrogen and oxygen atoms in total. The molecule has 2 aliphatic rings. The molecular weight excluding hydrogens is 383 g/mol. The average Bonchev–Trinajstić information content (AvgIpc) is 3.17. The summed E-state index contributed by atoms with van der Waals surface area (Å²) in [6.45, 7) is 5.75. The molecule has 7 heteroatoms. The zero-order valence-electron chi connectivity index (χ0n) is 12.7. The molecule has 1 heterocycles. The Morgan fingerprint density at radius 2 is 1.95 bits per heavy atom. The van der Waals surface area contributed by atoms with Crippen LogP contribution in [0.15, 0.2) is 4.99 Å². The monoisotopic (exact) mass is 410 g/mol. The van der Waals surface area contributed by atoms with Crippen LogP contribution in [-0.2, 0) is 9.53 Å². The molecule has 0 aromatic rings. The second-order valence-electron chi connectivity index (χ2n) is 5.35. The number of carbonyl (C=O) groups is 1. The van der Waals surface area contributed by atoms with Crippen LogP contribution >= 0.6 is 24.0 Å². The summed E-state index contributed by atoms with van der Waals surface area (Å²) in [5.41, 5.74) is 0. The molecule has 1 aliphatic carbocycles. The van der Waals surface area contributed by atoms with Gasteiger partial charge in [0, 0.05) is 32.2 Å². The SMILES string of the molecule is CCNC(=NCC1CCCO1)NCCNC(=O)C1CC1.I. The van der Waals surface area contributed by atoms with Crippen molar-refractivity contribution in [2.24, 2.45) is 10.9 Å². The van der Waals surface area contributed by atoms with E-state index in [1.165, 1.54) is 0 Å². The summed E-state index contributed by atoms with van der Waals surface area (Å²) in [6, 6.07) is 0. The lowest BCUT2D eigenvalue weighted by Gasteiger charge is -2.13. The van der Waals surface area contributed by atoms with Crippen molar-refractivity contribution in [2.45, 2.75) is 38.7 Å². The number of nitrogens with one attached hydrogen (secondary N) is 3. The van der Waals surface area contributed by atoms with E-state index in [1.807, 2.05) is 6.92 Å². The average molecular weight is 410 g/mol. The van der Waals surface area contributed by atoms with E-state index in [0.29, 0.717) is 19.6 Å². The van der Waals surface area contributed by atoms with Gasteiger partial charge in [0.25, 0.3) is 0 Å². The van der Waals surface area contributed by atoms with E-state index in [-0.39, 0.29) is 41.9 Å². The molecule has 122 valence electrons. The number of rotatable bonds is 7. The van der Waals surface area contributed by atoms with Crippen molar-refractivity contribution in [3.8, 4) is 0 Å². The maximum absolute atomic E-state index is 11.5. The maximum Gasteiger partial charge on any atom is 0.223 e. The summed E-state index contributed by atoms with van der Waals surface area (Å²) >= 11 is 0. The van der Waals surface area contributed by atoms with Crippen molar-refractivity contribution >= 4 is 35.8 Å². The Morgan fingerprint density at radius 3 is 2.57 bits per heavy atom. The van der Waals surface area contributed by atoms with Crippen LogP contribution in [0, 0.1) is 5.92 Å². The molecule has 1 saturated carbocycles. The van der Waals surface area contributed by atoms with Gasteiger partial charge in [0.2, 0.25) is 5.91 Å². The third-order valence-corrected chi connectivity index (χ3v) is 3.49. The molecule has 21 heavy (non-hydrogen) atoms. The number of aliphatic imine (C=N–C) groups is 1. The lowest BCUT2D eigenvalue weighted by atomic mass is 10.2. The molecule has 1 saturated heterocycles. The quantitative estimate of drug-likeness (QED) is 0.252. The highest BCUT2D eigenvalue weighted by Crippen LogP contribution is 2.28. The number of carbonyl (C=O) groups excluding carboxylic acids is 1. The minimum atomic E-state index is 0. The highest BCUT2D eigenvalue weighted by Gasteiger charge is 2.28. The van der Waals surface area contributed by atoms with Gasteiger partial charge >= 0.3 is 0 Å². The molecule has 1 aliphatic heterocycles. The topological polar surface area (TPSA) is 74.8 Å². The Hall–Kier alpha value is -0.570. The predicted octanol–water partition coefficient (Wildman–Crippen LogP) is 0.865. The molecule has 1 atom stereocenters. The van der Waals surface area contributed by atoms with E-state index in [0.717, 1.165) is 44.8 Å². The van der Waals surface area contributed by atoms with Gasteiger partial charge in [-0.05, 0) is 32.6 Å². The Bertz CT molecular complexity index is 342. The van der Waals surface area contributed by atoms with Crippen LogP contribution in [0.2, 0.25) is 0 Å². The fourth-order valence-corrected chi connectivity index (χ4v) is 2.18. The smallest absolute Gasteiger partial charge is 0.223 e. The van der Waals surface area contributed by atoms with Gasteiger partial charge < -0.3 is 20.7 Å².